The number of aliphatic carboxylic acids is 1. The van der Waals surface area contributed by atoms with Gasteiger partial charge in [0.1, 0.15) is 18.1 Å². The highest BCUT2D eigenvalue weighted by molar-refractivity contribution is 7.93. The van der Waals surface area contributed by atoms with Gasteiger partial charge in [0.2, 0.25) is 0 Å². The van der Waals surface area contributed by atoms with Crippen LogP contribution >= 0.6 is 0 Å². The Morgan fingerprint density at radius 1 is 1.06 bits per heavy atom. The normalized spacial score (nSPS) is 13.6. The summed E-state index contributed by atoms with van der Waals surface area (Å²) in [5.74, 6) is -0.332. The van der Waals surface area contributed by atoms with Crippen LogP contribution in [0.25, 0.3) is 0 Å². The second-order valence-electron chi connectivity index (χ2n) is 7.41. The number of rotatable bonds is 12. The molecule has 0 spiro atoms. The fraction of sp³-hybridized carbons (Fsp3) is 0.435. The van der Waals surface area contributed by atoms with Crippen molar-refractivity contribution in [1.29, 1.82) is 0 Å². The molecule has 31 heavy (non-hydrogen) atoms. The average molecular weight is 450 g/mol. The van der Waals surface area contributed by atoms with Gasteiger partial charge in [0.05, 0.1) is 12.0 Å². The molecule has 170 valence electrons. The van der Waals surface area contributed by atoms with Gasteiger partial charge >= 0.3 is 5.97 Å². The summed E-state index contributed by atoms with van der Waals surface area (Å²) < 4.78 is 35.3. The number of benzene rings is 2. The molecule has 0 amide bonds. The van der Waals surface area contributed by atoms with Crippen molar-refractivity contribution in [2.75, 3.05) is 33.4 Å². The van der Waals surface area contributed by atoms with Crippen LogP contribution in [0.5, 0.6) is 11.5 Å². The van der Waals surface area contributed by atoms with E-state index in [4.69, 9.17) is 9.47 Å². The first kappa shape index (κ1) is 24.7. The van der Waals surface area contributed by atoms with Gasteiger partial charge < -0.3 is 19.5 Å². The first-order valence-electron chi connectivity index (χ1n) is 10.2. The number of carboxylic acids is 1. The van der Waals surface area contributed by atoms with E-state index in [0.717, 1.165) is 19.6 Å². The Labute approximate surface area is 184 Å². The Morgan fingerprint density at radius 2 is 1.71 bits per heavy atom. The molecule has 0 aromatic heterocycles. The topological polar surface area (TPSA) is 93.1 Å². The van der Waals surface area contributed by atoms with E-state index in [2.05, 4.69) is 18.7 Å². The van der Waals surface area contributed by atoms with Gasteiger partial charge in [-0.25, -0.2) is 8.42 Å². The highest BCUT2D eigenvalue weighted by Gasteiger charge is 2.47. The quantitative estimate of drug-likeness (QED) is 0.531. The van der Waals surface area contributed by atoms with Gasteiger partial charge in [0.15, 0.2) is 14.6 Å². The Kier molecular flexibility index (Phi) is 8.47. The van der Waals surface area contributed by atoms with Crippen molar-refractivity contribution in [3.05, 3.63) is 54.1 Å². The number of hydrogen-bond donors (Lipinski definition) is 1. The third-order valence-corrected chi connectivity index (χ3v) is 7.82. The number of likely N-dealkylation sites (N-methyl/N-ethyl adjacent to an activating group) is 1. The summed E-state index contributed by atoms with van der Waals surface area (Å²) in [6.07, 6.45) is -0.191. The number of carbonyl (C=O) groups is 1. The maximum absolute atomic E-state index is 13.2. The fourth-order valence-corrected chi connectivity index (χ4v) is 4.87. The third kappa shape index (κ3) is 5.77. The van der Waals surface area contributed by atoms with Crippen LogP contribution in [0.2, 0.25) is 0 Å². The number of ether oxygens (including phenoxy) is 2. The first-order valence-corrected chi connectivity index (χ1v) is 11.7. The molecule has 2 rings (SSSR count). The molecule has 0 saturated heterocycles. The molecule has 1 atom stereocenters. The molecular formula is C23H31NO6S. The van der Waals surface area contributed by atoms with Crippen LogP contribution in [-0.4, -0.2) is 62.5 Å². The molecule has 1 unspecified atom stereocenters. The van der Waals surface area contributed by atoms with E-state index >= 15 is 0 Å². The molecule has 8 heteroatoms. The smallest absolute Gasteiger partial charge is 0.325 e. The number of methoxy groups -OCH3 is 1. The summed E-state index contributed by atoms with van der Waals surface area (Å²) in [6.45, 7) is 8.53. The van der Waals surface area contributed by atoms with Gasteiger partial charge in [-0.1, -0.05) is 26.0 Å². The molecule has 7 nitrogen and oxygen atoms in total. The van der Waals surface area contributed by atoms with Crippen molar-refractivity contribution in [3.8, 4) is 11.5 Å². The Morgan fingerprint density at radius 3 is 2.26 bits per heavy atom. The van der Waals surface area contributed by atoms with E-state index in [-0.39, 0.29) is 11.3 Å². The molecule has 0 aliphatic heterocycles. The van der Waals surface area contributed by atoms with E-state index in [9.17, 15) is 18.3 Å². The second kappa shape index (κ2) is 10.6. The molecule has 0 fully saturated rings. The number of sulfone groups is 1. The minimum atomic E-state index is -4.17. The minimum absolute atomic E-state index is 0.0650. The SMILES string of the molecule is CCN(CC)CCOc1cccc(CC(C)(C(=O)O)S(=O)(=O)c2ccc(OC)cc2)c1. The van der Waals surface area contributed by atoms with E-state index in [0.29, 0.717) is 23.7 Å². The number of carboxylic acid groups (broad SMARTS) is 1. The van der Waals surface area contributed by atoms with Crippen molar-refractivity contribution in [3.63, 3.8) is 0 Å². The van der Waals surface area contributed by atoms with Crippen LogP contribution in [0, 0.1) is 0 Å². The van der Waals surface area contributed by atoms with Gasteiger partial charge in [-0.15, -0.1) is 0 Å². The lowest BCUT2D eigenvalue weighted by molar-refractivity contribution is -0.139. The molecule has 0 aliphatic carbocycles. The highest BCUT2D eigenvalue weighted by atomic mass is 32.2. The van der Waals surface area contributed by atoms with Crippen LogP contribution in [0.1, 0.15) is 26.3 Å². The number of nitrogens with zero attached hydrogens (tertiary/aromatic N) is 1. The lowest BCUT2D eigenvalue weighted by Crippen LogP contribution is -2.45. The maximum Gasteiger partial charge on any atom is 0.325 e. The third-order valence-electron chi connectivity index (χ3n) is 5.43. The van der Waals surface area contributed by atoms with Gasteiger partial charge in [-0.05, 0) is 62.0 Å². The highest BCUT2D eigenvalue weighted by Crippen LogP contribution is 2.31. The van der Waals surface area contributed by atoms with Gasteiger partial charge in [-0.3, -0.25) is 4.79 Å². The molecule has 0 saturated carbocycles. The Hall–Kier alpha value is -2.58. The van der Waals surface area contributed by atoms with Crippen LogP contribution in [0.4, 0.5) is 0 Å². The Balaban J connectivity index is 2.24. The van der Waals surface area contributed by atoms with Crippen LogP contribution in [0.3, 0.4) is 0 Å². The first-order chi connectivity index (χ1) is 14.7. The Bertz CT molecular complexity index is 970. The molecule has 1 N–H and O–H groups in total. The van der Waals surface area contributed by atoms with E-state index in [1.807, 2.05) is 0 Å². The largest absolute Gasteiger partial charge is 0.497 e. The zero-order chi connectivity index (χ0) is 23.1. The van der Waals surface area contributed by atoms with Gasteiger partial charge in [0.25, 0.3) is 0 Å². The van der Waals surface area contributed by atoms with Gasteiger partial charge in [-0.2, -0.15) is 0 Å². The van der Waals surface area contributed by atoms with Crippen LogP contribution < -0.4 is 9.47 Å². The molecule has 0 radical (unpaired) electrons. The van der Waals surface area contributed by atoms with Crippen molar-refractivity contribution >= 4 is 15.8 Å². The summed E-state index contributed by atoms with van der Waals surface area (Å²) >= 11 is 0. The predicted octanol–water partition coefficient (Wildman–Crippen LogP) is 3.28. The summed E-state index contributed by atoms with van der Waals surface area (Å²) in [5, 5.41) is 9.88. The van der Waals surface area contributed by atoms with Gasteiger partial charge in [0, 0.05) is 13.0 Å². The minimum Gasteiger partial charge on any atom is -0.497 e. The predicted molar refractivity (Wildman–Crippen MR) is 120 cm³/mol. The van der Waals surface area contributed by atoms with E-state index in [1.54, 1.807) is 24.3 Å². The van der Waals surface area contributed by atoms with Crippen LogP contribution in [-0.2, 0) is 21.1 Å². The monoisotopic (exact) mass is 449 g/mol. The van der Waals surface area contributed by atoms with Crippen molar-refractivity contribution in [2.45, 2.75) is 36.8 Å². The summed E-state index contributed by atoms with van der Waals surface area (Å²) in [7, 11) is -2.70. The molecule has 2 aromatic rings. The molecule has 0 bridgehead atoms. The van der Waals surface area contributed by atoms with E-state index in [1.165, 1.54) is 38.3 Å². The average Bonchev–Trinajstić information content (AvgIpc) is 2.76. The lowest BCUT2D eigenvalue weighted by atomic mass is 10.0. The molecule has 0 aliphatic rings. The van der Waals surface area contributed by atoms with Crippen molar-refractivity contribution in [1.82, 2.24) is 4.90 Å². The standard InChI is InChI=1S/C23H31NO6S/c1-5-24(6-2)14-15-30-20-9-7-8-18(16-20)17-23(3,22(25)26)31(27,28)21-12-10-19(29-4)11-13-21/h7-13,16H,5-6,14-15,17H2,1-4H3,(H,25,26). The van der Waals surface area contributed by atoms with Crippen molar-refractivity contribution < 1.29 is 27.8 Å². The van der Waals surface area contributed by atoms with E-state index < -0.39 is 20.6 Å². The van der Waals surface area contributed by atoms with Crippen molar-refractivity contribution in [2.24, 2.45) is 0 Å². The summed E-state index contributed by atoms with van der Waals surface area (Å²) in [4.78, 5) is 14.3. The zero-order valence-electron chi connectivity index (χ0n) is 18.5. The summed E-state index contributed by atoms with van der Waals surface area (Å²) in [5.41, 5.74) is 0.572. The maximum atomic E-state index is 13.2. The fourth-order valence-electron chi connectivity index (χ4n) is 3.27. The van der Waals surface area contributed by atoms with Crippen LogP contribution in [0.15, 0.2) is 53.4 Å². The number of hydrogen-bond acceptors (Lipinski definition) is 6. The lowest BCUT2D eigenvalue weighted by Gasteiger charge is -2.25. The molecule has 0 heterocycles. The molecule has 2 aromatic carbocycles. The zero-order valence-corrected chi connectivity index (χ0v) is 19.3. The second-order valence-corrected chi connectivity index (χ2v) is 9.79. The summed E-state index contributed by atoms with van der Waals surface area (Å²) in [6, 6.07) is 12.7. The molecular weight excluding hydrogens is 418 g/mol.